The van der Waals surface area contributed by atoms with Crippen LogP contribution in [0.15, 0.2) is 0 Å². The van der Waals surface area contributed by atoms with Gasteiger partial charge in [0, 0.05) is 12.3 Å². The summed E-state index contributed by atoms with van der Waals surface area (Å²) < 4.78 is 0. The van der Waals surface area contributed by atoms with Gasteiger partial charge in [0.05, 0.1) is 0 Å². The van der Waals surface area contributed by atoms with Crippen LogP contribution in [-0.2, 0) is 4.79 Å². The summed E-state index contributed by atoms with van der Waals surface area (Å²) in [6.45, 7) is 6.66. The number of hydrogen-bond acceptors (Lipinski definition) is 1. The lowest BCUT2D eigenvalue weighted by atomic mass is 9.83. The Balaban J connectivity index is 2.33. The molecule has 0 spiro atoms. The van der Waals surface area contributed by atoms with Crippen molar-refractivity contribution in [1.29, 1.82) is 0 Å². The molecule has 0 bridgehead atoms. The highest BCUT2D eigenvalue weighted by atomic mass is 16.1. The fraction of sp³-hybridized carbons (Fsp3) is 0.933. The van der Waals surface area contributed by atoms with E-state index < -0.39 is 0 Å². The van der Waals surface area contributed by atoms with Crippen LogP contribution >= 0.6 is 0 Å². The quantitative estimate of drug-likeness (QED) is 0.676. The van der Waals surface area contributed by atoms with Crippen LogP contribution < -0.4 is 0 Å². The summed E-state index contributed by atoms with van der Waals surface area (Å²) in [6, 6.07) is 0. The van der Waals surface area contributed by atoms with E-state index >= 15 is 0 Å². The van der Waals surface area contributed by atoms with E-state index in [1.807, 2.05) is 0 Å². The van der Waals surface area contributed by atoms with Crippen molar-refractivity contribution in [1.82, 2.24) is 0 Å². The molecule has 16 heavy (non-hydrogen) atoms. The molecule has 1 nitrogen and oxygen atoms in total. The first-order valence-electron chi connectivity index (χ1n) is 7.02. The number of carbonyl (C=O) groups is 1. The van der Waals surface area contributed by atoms with Crippen LogP contribution in [0.3, 0.4) is 0 Å². The Morgan fingerprint density at radius 2 is 1.50 bits per heavy atom. The molecule has 1 rings (SSSR count). The van der Waals surface area contributed by atoms with Crippen molar-refractivity contribution in [3.8, 4) is 0 Å². The highest BCUT2D eigenvalue weighted by Crippen LogP contribution is 2.27. The first-order chi connectivity index (χ1) is 7.49. The van der Waals surface area contributed by atoms with Crippen LogP contribution in [0.2, 0.25) is 0 Å². The van der Waals surface area contributed by atoms with E-state index in [1.165, 1.54) is 32.1 Å². The van der Waals surface area contributed by atoms with Gasteiger partial charge >= 0.3 is 0 Å². The molecule has 1 aliphatic rings. The maximum atomic E-state index is 12.1. The third-order valence-electron chi connectivity index (χ3n) is 3.68. The lowest BCUT2D eigenvalue weighted by molar-refractivity contribution is -0.124. The van der Waals surface area contributed by atoms with Gasteiger partial charge in [-0.15, -0.1) is 0 Å². The van der Waals surface area contributed by atoms with Crippen LogP contribution in [0.4, 0.5) is 0 Å². The monoisotopic (exact) mass is 224 g/mol. The van der Waals surface area contributed by atoms with Crippen LogP contribution in [0.1, 0.15) is 78.6 Å². The predicted octanol–water partition coefficient (Wildman–Crippen LogP) is 4.74. The standard InChI is InChI=1S/C15H28O/c1-15(2,3)12-11-14(16)13-9-7-5-4-6-8-10-13/h13H,4-12H2,1-3H3. The molecule has 1 saturated carbocycles. The minimum Gasteiger partial charge on any atom is -0.299 e. The molecular formula is C15H28O. The number of rotatable bonds is 3. The number of hydrogen-bond donors (Lipinski definition) is 0. The summed E-state index contributed by atoms with van der Waals surface area (Å²) in [5.41, 5.74) is 0.303. The van der Waals surface area contributed by atoms with E-state index in [-0.39, 0.29) is 0 Å². The molecule has 1 aliphatic carbocycles. The minimum atomic E-state index is 0.303. The van der Waals surface area contributed by atoms with Crippen molar-refractivity contribution in [2.75, 3.05) is 0 Å². The SMILES string of the molecule is CC(C)(C)CCC(=O)C1CCCCCCC1. The third-order valence-corrected chi connectivity index (χ3v) is 3.68. The molecular weight excluding hydrogens is 196 g/mol. The molecule has 0 radical (unpaired) electrons. The summed E-state index contributed by atoms with van der Waals surface area (Å²) in [5.74, 6) is 0.930. The Labute approximate surface area is 101 Å². The number of ketones is 1. The van der Waals surface area contributed by atoms with Crippen LogP contribution in [0, 0.1) is 11.3 Å². The second-order valence-corrected chi connectivity index (χ2v) is 6.57. The maximum Gasteiger partial charge on any atom is 0.135 e. The van der Waals surface area contributed by atoms with E-state index in [2.05, 4.69) is 20.8 Å². The number of Topliss-reactive ketones (excluding diaryl/α,β-unsaturated/α-hetero) is 1. The van der Waals surface area contributed by atoms with Gasteiger partial charge < -0.3 is 0 Å². The fourth-order valence-electron chi connectivity index (χ4n) is 2.48. The van der Waals surface area contributed by atoms with Gasteiger partial charge in [0.1, 0.15) is 5.78 Å². The zero-order chi connectivity index (χ0) is 12.0. The summed E-state index contributed by atoms with van der Waals surface area (Å²) in [6.07, 6.45) is 10.7. The maximum absolute atomic E-state index is 12.1. The topological polar surface area (TPSA) is 17.1 Å². The second kappa shape index (κ2) is 6.42. The zero-order valence-corrected chi connectivity index (χ0v) is 11.3. The van der Waals surface area contributed by atoms with Crippen LogP contribution in [0.5, 0.6) is 0 Å². The van der Waals surface area contributed by atoms with Crippen molar-refractivity contribution in [3.05, 3.63) is 0 Å². The molecule has 0 aromatic rings. The molecule has 0 amide bonds. The van der Waals surface area contributed by atoms with E-state index in [9.17, 15) is 4.79 Å². The van der Waals surface area contributed by atoms with Gasteiger partial charge in [-0.3, -0.25) is 4.79 Å². The van der Waals surface area contributed by atoms with Crippen molar-refractivity contribution in [2.24, 2.45) is 11.3 Å². The second-order valence-electron chi connectivity index (χ2n) is 6.57. The Hall–Kier alpha value is -0.330. The lowest BCUT2D eigenvalue weighted by Crippen LogP contribution is -2.18. The van der Waals surface area contributed by atoms with Crippen molar-refractivity contribution < 1.29 is 4.79 Å². The van der Waals surface area contributed by atoms with Crippen molar-refractivity contribution >= 4 is 5.78 Å². The Morgan fingerprint density at radius 1 is 1.00 bits per heavy atom. The van der Waals surface area contributed by atoms with E-state index in [1.54, 1.807) is 0 Å². The molecule has 0 heterocycles. The Morgan fingerprint density at radius 3 is 2.00 bits per heavy atom. The van der Waals surface area contributed by atoms with Crippen molar-refractivity contribution in [2.45, 2.75) is 78.6 Å². The summed E-state index contributed by atoms with van der Waals surface area (Å²) in [5, 5.41) is 0. The number of carbonyl (C=O) groups excluding carboxylic acids is 1. The molecule has 0 saturated heterocycles. The highest BCUT2D eigenvalue weighted by Gasteiger charge is 2.21. The molecule has 1 heteroatoms. The van der Waals surface area contributed by atoms with Gasteiger partial charge in [0.15, 0.2) is 0 Å². The summed E-state index contributed by atoms with van der Waals surface area (Å²) >= 11 is 0. The molecule has 94 valence electrons. The zero-order valence-electron chi connectivity index (χ0n) is 11.3. The molecule has 0 aromatic heterocycles. The van der Waals surface area contributed by atoms with E-state index in [4.69, 9.17) is 0 Å². The normalized spacial score (nSPS) is 20.2. The highest BCUT2D eigenvalue weighted by molar-refractivity contribution is 5.80. The fourth-order valence-corrected chi connectivity index (χ4v) is 2.48. The molecule has 0 aromatic carbocycles. The first kappa shape index (κ1) is 13.7. The molecule has 0 N–H and O–H groups in total. The summed E-state index contributed by atoms with van der Waals surface area (Å²) in [4.78, 5) is 12.1. The Bertz CT molecular complexity index is 204. The Kier molecular flexibility index (Phi) is 5.51. The van der Waals surface area contributed by atoms with Gasteiger partial charge in [0.25, 0.3) is 0 Å². The lowest BCUT2D eigenvalue weighted by Gasteiger charge is -2.21. The minimum absolute atomic E-state index is 0.303. The van der Waals surface area contributed by atoms with Gasteiger partial charge in [-0.1, -0.05) is 52.9 Å². The average molecular weight is 224 g/mol. The smallest absolute Gasteiger partial charge is 0.135 e. The molecule has 0 aliphatic heterocycles. The third kappa shape index (κ3) is 5.67. The van der Waals surface area contributed by atoms with E-state index in [0.717, 1.165) is 25.7 Å². The van der Waals surface area contributed by atoms with Crippen molar-refractivity contribution in [3.63, 3.8) is 0 Å². The molecule has 0 unspecified atom stereocenters. The van der Waals surface area contributed by atoms with Gasteiger partial charge in [-0.25, -0.2) is 0 Å². The van der Waals surface area contributed by atoms with Gasteiger partial charge in [-0.05, 0) is 24.7 Å². The van der Waals surface area contributed by atoms with Crippen LogP contribution in [-0.4, -0.2) is 5.78 Å². The predicted molar refractivity (Wildman–Crippen MR) is 69.5 cm³/mol. The first-order valence-corrected chi connectivity index (χ1v) is 7.02. The van der Waals surface area contributed by atoms with E-state index in [0.29, 0.717) is 17.1 Å². The van der Waals surface area contributed by atoms with Gasteiger partial charge in [0.2, 0.25) is 0 Å². The van der Waals surface area contributed by atoms with Crippen LogP contribution in [0.25, 0.3) is 0 Å². The molecule has 1 fully saturated rings. The largest absolute Gasteiger partial charge is 0.299 e. The summed E-state index contributed by atoms with van der Waals surface area (Å²) in [7, 11) is 0. The average Bonchev–Trinajstić information content (AvgIpc) is 2.12. The molecule has 0 atom stereocenters. The van der Waals surface area contributed by atoms with Gasteiger partial charge in [-0.2, -0.15) is 0 Å².